The van der Waals surface area contributed by atoms with E-state index >= 15 is 0 Å². The molecule has 2 aromatic rings. The summed E-state index contributed by atoms with van der Waals surface area (Å²) in [5.41, 5.74) is 2.59. The van der Waals surface area contributed by atoms with Gasteiger partial charge >= 0.3 is 0 Å². The maximum Gasteiger partial charge on any atom is 0.269 e. The van der Waals surface area contributed by atoms with Gasteiger partial charge in [-0.3, -0.25) is 9.48 Å². The molecular weight excluding hydrogens is 290 g/mol. The van der Waals surface area contributed by atoms with E-state index in [2.05, 4.69) is 24.3 Å². The molecule has 2 N–H and O–H groups in total. The van der Waals surface area contributed by atoms with Gasteiger partial charge in [-0.25, -0.2) is 0 Å². The fourth-order valence-corrected chi connectivity index (χ4v) is 2.56. The van der Waals surface area contributed by atoms with Crippen LogP contribution in [0.15, 0.2) is 36.4 Å². The summed E-state index contributed by atoms with van der Waals surface area (Å²) in [5, 5.41) is 16.6. The number of nitrogens with one attached hydrogen (secondary N) is 1. The second-order valence-electron chi connectivity index (χ2n) is 6.06. The molecule has 0 aliphatic rings. The molecule has 5 heteroatoms. The number of rotatable bonds is 7. The summed E-state index contributed by atoms with van der Waals surface area (Å²) < 4.78 is 1.62. The lowest BCUT2D eigenvalue weighted by Crippen LogP contribution is -2.30. The standard InChI is InChI=1S/C18H25N3O2/c1-13(2)16-11-17(21(3)20-16)18(23)19-12-15(9-10-22)14-7-5-4-6-8-14/h4-8,11,13,15,22H,9-10,12H2,1-3H3,(H,19,23). The van der Waals surface area contributed by atoms with Gasteiger partial charge < -0.3 is 10.4 Å². The Hall–Kier alpha value is -2.14. The lowest BCUT2D eigenvalue weighted by atomic mass is 9.96. The molecule has 23 heavy (non-hydrogen) atoms. The summed E-state index contributed by atoms with van der Waals surface area (Å²) in [6.07, 6.45) is 0.618. The van der Waals surface area contributed by atoms with Gasteiger partial charge in [-0.05, 0) is 24.0 Å². The molecule has 1 unspecified atom stereocenters. The molecule has 0 bridgehead atoms. The predicted octanol–water partition coefficient (Wildman–Crippen LogP) is 2.44. The molecule has 5 nitrogen and oxygen atoms in total. The highest BCUT2D eigenvalue weighted by atomic mass is 16.3. The SMILES string of the molecule is CC(C)c1cc(C(=O)NCC(CCO)c2ccccc2)n(C)n1. The Balaban J connectivity index is 2.04. The minimum Gasteiger partial charge on any atom is -0.396 e. The van der Waals surface area contributed by atoms with Crippen LogP contribution in [0.1, 0.15) is 53.8 Å². The van der Waals surface area contributed by atoms with E-state index in [0.29, 0.717) is 18.7 Å². The summed E-state index contributed by atoms with van der Waals surface area (Å²) in [6.45, 7) is 4.69. The van der Waals surface area contributed by atoms with Crippen LogP contribution in [0.25, 0.3) is 0 Å². The van der Waals surface area contributed by atoms with E-state index in [9.17, 15) is 9.90 Å². The zero-order chi connectivity index (χ0) is 16.8. The fraction of sp³-hybridized carbons (Fsp3) is 0.444. The molecule has 0 aliphatic carbocycles. The van der Waals surface area contributed by atoms with Gasteiger partial charge in [0.2, 0.25) is 0 Å². The first-order valence-electron chi connectivity index (χ1n) is 8.00. The third kappa shape index (κ3) is 4.42. The Morgan fingerprint density at radius 1 is 1.30 bits per heavy atom. The van der Waals surface area contributed by atoms with Gasteiger partial charge in [0.05, 0.1) is 5.69 Å². The molecular formula is C18H25N3O2. The summed E-state index contributed by atoms with van der Waals surface area (Å²) in [7, 11) is 1.78. The Kier molecular flexibility index (Phi) is 5.93. The van der Waals surface area contributed by atoms with E-state index in [-0.39, 0.29) is 24.3 Å². The molecule has 0 aliphatic heterocycles. The molecule has 0 saturated heterocycles. The number of aliphatic hydroxyl groups is 1. The zero-order valence-electron chi connectivity index (χ0n) is 14.0. The van der Waals surface area contributed by atoms with Gasteiger partial charge in [0.15, 0.2) is 0 Å². The van der Waals surface area contributed by atoms with Crippen molar-refractivity contribution in [3.63, 3.8) is 0 Å². The first-order valence-corrected chi connectivity index (χ1v) is 8.00. The average molecular weight is 315 g/mol. The number of hydrogen-bond acceptors (Lipinski definition) is 3. The van der Waals surface area contributed by atoms with Crippen LogP contribution >= 0.6 is 0 Å². The molecule has 0 radical (unpaired) electrons. The van der Waals surface area contributed by atoms with Crippen molar-refractivity contribution in [2.24, 2.45) is 7.05 Å². The molecule has 1 amide bonds. The molecule has 1 atom stereocenters. The molecule has 1 aromatic heterocycles. The molecule has 1 aromatic carbocycles. The molecule has 0 spiro atoms. The lowest BCUT2D eigenvalue weighted by Gasteiger charge is -2.17. The van der Waals surface area contributed by atoms with Gasteiger partial charge in [-0.1, -0.05) is 44.2 Å². The highest BCUT2D eigenvalue weighted by molar-refractivity contribution is 5.92. The summed E-state index contributed by atoms with van der Waals surface area (Å²) >= 11 is 0. The van der Waals surface area contributed by atoms with E-state index in [1.807, 2.05) is 36.4 Å². The van der Waals surface area contributed by atoms with Gasteiger partial charge in [-0.2, -0.15) is 5.10 Å². The Labute approximate surface area is 137 Å². The maximum atomic E-state index is 12.4. The number of aliphatic hydroxyl groups excluding tert-OH is 1. The normalized spacial score (nSPS) is 12.4. The topological polar surface area (TPSA) is 67.2 Å². The molecule has 124 valence electrons. The van der Waals surface area contributed by atoms with E-state index in [1.165, 1.54) is 0 Å². The summed E-state index contributed by atoms with van der Waals surface area (Å²) in [4.78, 5) is 12.4. The first-order chi connectivity index (χ1) is 11.0. The number of benzene rings is 1. The van der Waals surface area contributed by atoms with Crippen molar-refractivity contribution in [2.45, 2.75) is 32.1 Å². The van der Waals surface area contributed by atoms with Crippen molar-refractivity contribution in [1.29, 1.82) is 0 Å². The number of aromatic nitrogens is 2. The molecule has 0 fully saturated rings. The Morgan fingerprint density at radius 3 is 2.57 bits per heavy atom. The monoisotopic (exact) mass is 315 g/mol. The van der Waals surface area contributed by atoms with Crippen molar-refractivity contribution < 1.29 is 9.90 Å². The number of amides is 1. The Bertz CT molecular complexity index is 635. The van der Waals surface area contributed by atoms with Crippen LogP contribution in [-0.2, 0) is 7.05 Å². The minimum atomic E-state index is -0.134. The largest absolute Gasteiger partial charge is 0.396 e. The predicted molar refractivity (Wildman–Crippen MR) is 90.5 cm³/mol. The van der Waals surface area contributed by atoms with Crippen LogP contribution in [0.2, 0.25) is 0 Å². The molecule has 0 saturated carbocycles. The average Bonchev–Trinajstić information content (AvgIpc) is 2.94. The first kappa shape index (κ1) is 17.2. The van der Waals surface area contributed by atoms with Crippen molar-refractivity contribution in [3.05, 3.63) is 53.3 Å². The van der Waals surface area contributed by atoms with Gasteiger partial charge in [-0.15, -0.1) is 0 Å². The van der Waals surface area contributed by atoms with E-state index in [1.54, 1.807) is 11.7 Å². The highest BCUT2D eigenvalue weighted by Gasteiger charge is 2.17. The van der Waals surface area contributed by atoms with Crippen LogP contribution in [0, 0.1) is 0 Å². The van der Waals surface area contributed by atoms with Crippen molar-refractivity contribution >= 4 is 5.91 Å². The van der Waals surface area contributed by atoms with Crippen LogP contribution in [0.4, 0.5) is 0 Å². The van der Waals surface area contributed by atoms with Crippen LogP contribution < -0.4 is 5.32 Å². The van der Waals surface area contributed by atoms with E-state index < -0.39 is 0 Å². The number of aryl methyl sites for hydroxylation is 1. The van der Waals surface area contributed by atoms with Crippen LogP contribution in [0.5, 0.6) is 0 Å². The summed E-state index contributed by atoms with van der Waals surface area (Å²) in [5.74, 6) is 0.253. The number of hydrogen-bond donors (Lipinski definition) is 2. The van der Waals surface area contributed by atoms with Crippen molar-refractivity contribution in [2.75, 3.05) is 13.2 Å². The molecule has 2 rings (SSSR count). The highest BCUT2D eigenvalue weighted by Crippen LogP contribution is 2.19. The maximum absolute atomic E-state index is 12.4. The Morgan fingerprint density at radius 2 is 2.00 bits per heavy atom. The van der Waals surface area contributed by atoms with Gasteiger partial charge in [0, 0.05) is 26.1 Å². The van der Waals surface area contributed by atoms with Gasteiger partial charge in [0.1, 0.15) is 5.69 Å². The van der Waals surface area contributed by atoms with Crippen LogP contribution in [0.3, 0.4) is 0 Å². The van der Waals surface area contributed by atoms with Crippen molar-refractivity contribution in [1.82, 2.24) is 15.1 Å². The molecule has 1 heterocycles. The van der Waals surface area contributed by atoms with Crippen LogP contribution in [-0.4, -0.2) is 33.9 Å². The quantitative estimate of drug-likeness (QED) is 0.824. The number of carbonyl (C=O) groups is 1. The lowest BCUT2D eigenvalue weighted by molar-refractivity contribution is 0.0940. The summed E-state index contributed by atoms with van der Waals surface area (Å²) in [6, 6.07) is 11.8. The fourth-order valence-electron chi connectivity index (χ4n) is 2.56. The second kappa shape index (κ2) is 7.92. The number of carbonyl (C=O) groups excluding carboxylic acids is 1. The third-order valence-corrected chi connectivity index (χ3v) is 3.98. The van der Waals surface area contributed by atoms with E-state index in [4.69, 9.17) is 0 Å². The van der Waals surface area contributed by atoms with Gasteiger partial charge in [0.25, 0.3) is 5.91 Å². The minimum absolute atomic E-state index is 0.0959. The third-order valence-electron chi connectivity index (χ3n) is 3.98. The second-order valence-corrected chi connectivity index (χ2v) is 6.06. The number of nitrogens with zero attached hydrogens (tertiary/aromatic N) is 2. The van der Waals surface area contributed by atoms with Crippen molar-refractivity contribution in [3.8, 4) is 0 Å². The van der Waals surface area contributed by atoms with E-state index in [0.717, 1.165) is 11.3 Å². The smallest absolute Gasteiger partial charge is 0.269 e. The zero-order valence-corrected chi connectivity index (χ0v) is 14.0.